The maximum absolute atomic E-state index is 12.0. The van der Waals surface area contributed by atoms with E-state index in [4.69, 9.17) is 5.73 Å². The lowest BCUT2D eigenvalue weighted by atomic mass is 10.0. The summed E-state index contributed by atoms with van der Waals surface area (Å²) >= 11 is 0. The van der Waals surface area contributed by atoms with Crippen LogP contribution in [0.3, 0.4) is 0 Å². The van der Waals surface area contributed by atoms with E-state index in [0.29, 0.717) is 6.42 Å². The first-order valence-corrected chi connectivity index (χ1v) is 4.79. The van der Waals surface area contributed by atoms with Gasteiger partial charge in [-0.2, -0.15) is 0 Å². The zero-order valence-corrected chi connectivity index (χ0v) is 10.1. The van der Waals surface area contributed by atoms with Crippen molar-refractivity contribution < 1.29 is 23.0 Å². The Morgan fingerprint density at radius 2 is 2.06 bits per heavy atom. The molecule has 0 bridgehead atoms. The molecule has 0 spiro atoms. The van der Waals surface area contributed by atoms with E-state index in [1.54, 1.807) is 0 Å². The average Bonchev–Trinajstić information content (AvgIpc) is 2.19. The van der Waals surface area contributed by atoms with E-state index in [9.17, 15) is 18.3 Å². The van der Waals surface area contributed by atoms with Gasteiger partial charge in [0, 0.05) is 11.6 Å². The van der Waals surface area contributed by atoms with Crippen molar-refractivity contribution in [3.05, 3.63) is 36.4 Å². The molecule has 3 N–H and O–H groups in total. The predicted molar refractivity (Wildman–Crippen MR) is 63.8 cm³/mol. The smallest absolute Gasteiger partial charge is 0.504 e. The molecule has 18 heavy (non-hydrogen) atoms. The zero-order chi connectivity index (χ0) is 13.1. The standard InChI is InChI=1S/C11H12F3NO2.ClH/c1-2-4-8(15)7-5-3-6-9(10(7)16)17-11(12,13)14;/h2-3,5-6,8,16H,1,4,15H2;1H/t8-;/m1./s1. The Hall–Kier alpha value is -1.40. The number of alkyl halides is 3. The Balaban J connectivity index is 0.00000289. The van der Waals surface area contributed by atoms with Gasteiger partial charge in [0.1, 0.15) is 0 Å². The average molecular weight is 284 g/mol. The van der Waals surface area contributed by atoms with Gasteiger partial charge >= 0.3 is 6.36 Å². The molecule has 102 valence electrons. The summed E-state index contributed by atoms with van der Waals surface area (Å²) in [4.78, 5) is 0. The van der Waals surface area contributed by atoms with Crippen LogP contribution in [0.15, 0.2) is 30.9 Å². The third kappa shape index (κ3) is 4.46. The van der Waals surface area contributed by atoms with Crippen LogP contribution in [0, 0.1) is 0 Å². The van der Waals surface area contributed by atoms with E-state index >= 15 is 0 Å². The normalized spacial score (nSPS) is 12.4. The van der Waals surface area contributed by atoms with Gasteiger partial charge < -0.3 is 15.6 Å². The molecule has 0 aliphatic rings. The SMILES string of the molecule is C=CC[C@@H](N)c1cccc(OC(F)(F)F)c1O.Cl. The molecule has 0 aliphatic heterocycles. The zero-order valence-electron chi connectivity index (χ0n) is 9.28. The fraction of sp³-hybridized carbons (Fsp3) is 0.273. The van der Waals surface area contributed by atoms with Crippen LogP contribution in [-0.2, 0) is 0 Å². The third-order valence-electron chi connectivity index (χ3n) is 2.08. The molecular weight excluding hydrogens is 271 g/mol. The van der Waals surface area contributed by atoms with Crippen LogP contribution in [0.1, 0.15) is 18.0 Å². The second-order valence-electron chi connectivity index (χ2n) is 3.37. The fourth-order valence-corrected chi connectivity index (χ4v) is 1.35. The van der Waals surface area contributed by atoms with Gasteiger partial charge in [-0.3, -0.25) is 0 Å². The van der Waals surface area contributed by atoms with Crippen LogP contribution < -0.4 is 10.5 Å². The number of hydrogen-bond donors (Lipinski definition) is 2. The van der Waals surface area contributed by atoms with Crippen LogP contribution in [-0.4, -0.2) is 11.5 Å². The number of hydrogen-bond acceptors (Lipinski definition) is 3. The largest absolute Gasteiger partial charge is 0.573 e. The molecule has 0 radical (unpaired) electrons. The first-order chi connectivity index (χ1) is 7.85. The van der Waals surface area contributed by atoms with Gasteiger partial charge in [-0.15, -0.1) is 32.2 Å². The van der Waals surface area contributed by atoms with E-state index in [0.717, 1.165) is 6.07 Å². The van der Waals surface area contributed by atoms with Crippen molar-refractivity contribution in [2.24, 2.45) is 5.73 Å². The van der Waals surface area contributed by atoms with Gasteiger partial charge in [0.05, 0.1) is 0 Å². The monoisotopic (exact) mass is 283 g/mol. The molecule has 0 heterocycles. The summed E-state index contributed by atoms with van der Waals surface area (Å²) in [7, 11) is 0. The Bertz CT molecular complexity index is 410. The molecule has 1 aromatic rings. The first-order valence-electron chi connectivity index (χ1n) is 4.79. The minimum absolute atomic E-state index is 0. The molecule has 1 rings (SSSR count). The maximum Gasteiger partial charge on any atom is 0.573 e. The maximum atomic E-state index is 12.0. The van der Waals surface area contributed by atoms with Crippen molar-refractivity contribution in [3.63, 3.8) is 0 Å². The van der Waals surface area contributed by atoms with E-state index < -0.39 is 23.9 Å². The van der Waals surface area contributed by atoms with Crippen LogP contribution in [0.4, 0.5) is 13.2 Å². The second kappa shape index (κ2) is 6.51. The van der Waals surface area contributed by atoms with Crippen molar-refractivity contribution >= 4 is 12.4 Å². The highest BCUT2D eigenvalue weighted by Gasteiger charge is 2.32. The Kier molecular flexibility index (Phi) is 6.00. The molecule has 0 aliphatic carbocycles. The van der Waals surface area contributed by atoms with Crippen LogP contribution >= 0.6 is 12.4 Å². The quantitative estimate of drug-likeness (QED) is 0.834. The second-order valence-corrected chi connectivity index (χ2v) is 3.37. The molecule has 1 aromatic carbocycles. The molecule has 0 fully saturated rings. The van der Waals surface area contributed by atoms with Gasteiger partial charge in [-0.1, -0.05) is 18.2 Å². The van der Waals surface area contributed by atoms with Gasteiger partial charge in [-0.25, -0.2) is 0 Å². The van der Waals surface area contributed by atoms with Crippen molar-refractivity contribution in [1.29, 1.82) is 0 Å². The van der Waals surface area contributed by atoms with Crippen molar-refractivity contribution in [1.82, 2.24) is 0 Å². The fourth-order valence-electron chi connectivity index (χ4n) is 1.35. The Morgan fingerprint density at radius 1 is 1.44 bits per heavy atom. The summed E-state index contributed by atoms with van der Waals surface area (Å²) in [5.74, 6) is -1.26. The minimum atomic E-state index is -4.85. The number of aromatic hydroxyl groups is 1. The first kappa shape index (κ1) is 16.6. The highest BCUT2D eigenvalue weighted by molar-refractivity contribution is 5.85. The highest BCUT2D eigenvalue weighted by atomic mass is 35.5. The number of rotatable bonds is 4. The highest BCUT2D eigenvalue weighted by Crippen LogP contribution is 2.36. The molecule has 3 nitrogen and oxygen atoms in total. The van der Waals surface area contributed by atoms with Crippen molar-refractivity contribution in [2.45, 2.75) is 18.8 Å². The summed E-state index contributed by atoms with van der Waals surface area (Å²) in [6.07, 6.45) is -3.00. The molecule has 0 aromatic heterocycles. The Morgan fingerprint density at radius 3 is 2.56 bits per heavy atom. The number of halogens is 4. The van der Waals surface area contributed by atoms with E-state index in [1.807, 2.05) is 0 Å². The number of phenolic OH excluding ortho intramolecular Hbond substituents is 1. The number of para-hydroxylation sites is 1. The van der Waals surface area contributed by atoms with Crippen molar-refractivity contribution in [2.75, 3.05) is 0 Å². The van der Waals surface area contributed by atoms with Crippen LogP contribution in [0.5, 0.6) is 11.5 Å². The summed E-state index contributed by atoms with van der Waals surface area (Å²) < 4.78 is 39.7. The van der Waals surface area contributed by atoms with E-state index in [1.165, 1.54) is 18.2 Å². The van der Waals surface area contributed by atoms with Crippen LogP contribution in [0.2, 0.25) is 0 Å². The summed E-state index contributed by atoms with van der Waals surface area (Å²) in [5, 5.41) is 9.61. The molecular formula is C11H13ClF3NO2. The minimum Gasteiger partial charge on any atom is -0.504 e. The Labute approximate surface area is 108 Å². The van der Waals surface area contributed by atoms with Gasteiger partial charge in [0.15, 0.2) is 11.5 Å². The molecule has 0 amide bonds. The molecule has 0 unspecified atom stereocenters. The third-order valence-corrected chi connectivity index (χ3v) is 2.08. The predicted octanol–water partition coefficient (Wildman–Crippen LogP) is 3.29. The summed E-state index contributed by atoms with van der Waals surface area (Å²) in [6, 6.07) is 3.17. The van der Waals surface area contributed by atoms with E-state index in [2.05, 4.69) is 11.3 Å². The number of nitrogens with two attached hydrogens (primary N) is 1. The van der Waals surface area contributed by atoms with E-state index in [-0.39, 0.29) is 18.0 Å². The lowest BCUT2D eigenvalue weighted by molar-refractivity contribution is -0.275. The van der Waals surface area contributed by atoms with Gasteiger partial charge in [0.25, 0.3) is 0 Å². The number of phenols is 1. The number of ether oxygens (including phenoxy) is 1. The molecule has 0 saturated carbocycles. The molecule has 0 saturated heterocycles. The lowest BCUT2D eigenvalue weighted by Crippen LogP contribution is -2.18. The molecule has 1 atom stereocenters. The molecule has 7 heteroatoms. The van der Waals surface area contributed by atoms with Gasteiger partial charge in [0.2, 0.25) is 0 Å². The lowest BCUT2D eigenvalue weighted by Gasteiger charge is -2.15. The number of benzene rings is 1. The van der Waals surface area contributed by atoms with Crippen LogP contribution in [0.25, 0.3) is 0 Å². The topological polar surface area (TPSA) is 55.5 Å². The van der Waals surface area contributed by atoms with Gasteiger partial charge in [-0.05, 0) is 12.5 Å². The summed E-state index contributed by atoms with van der Waals surface area (Å²) in [5.41, 5.74) is 5.86. The summed E-state index contributed by atoms with van der Waals surface area (Å²) in [6.45, 7) is 3.46. The van der Waals surface area contributed by atoms with Crippen molar-refractivity contribution in [3.8, 4) is 11.5 Å².